The number of ether oxygens (including phenoxy) is 1. The van der Waals surface area contributed by atoms with Gasteiger partial charge in [-0.2, -0.15) is 0 Å². The topological polar surface area (TPSA) is 81.5 Å². The standard InChI is InChI=1S/C15H22N2O4/c1-2-3-9-21-10-5-8-16-12-15(18)13-6-4-7-14(11-13)17(19)20/h4,6-7,11,16H,2-3,5,8-10,12H2,1H3. The smallest absolute Gasteiger partial charge is 0.270 e. The van der Waals surface area contributed by atoms with E-state index in [1.807, 2.05) is 0 Å². The van der Waals surface area contributed by atoms with E-state index in [0.717, 1.165) is 25.9 Å². The van der Waals surface area contributed by atoms with Crippen molar-refractivity contribution in [2.24, 2.45) is 0 Å². The van der Waals surface area contributed by atoms with Crippen LogP contribution < -0.4 is 5.32 Å². The van der Waals surface area contributed by atoms with Crippen LogP contribution >= 0.6 is 0 Å². The summed E-state index contributed by atoms with van der Waals surface area (Å²) in [5.41, 5.74) is 0.293. The summed E-state index contributed by atoms with van der Waals surface area (Å²) in [6, 6.07) is 5.79. The van der Waals surface area contributed by atoms with Gasteiger partial charge in [-0.1, -0.05) is 25.5 Å². The third kappa shape index (κ3) is 6.97. The number of ketones is 1. The number of Topliss-reactive ketones (excluding diaryl/α,β-unsaturated/α-hetero) is 1. The number of nitro groups is 1. The average molecular weight is 294 g/mol. The highest BCUT2D eigenvalue weighted by molar-refractivity contribution is 5.98. The van der Waals surface area contributed by atoms with E-state index in [4.69, 9.17) is 4.74 Å². The molecule has 0 aliphatic heterocycles. The first-order valence-electron chi connectivity index (χ1n) is 7.21. The van der Waals surface area contributed by atoms with Crippen LogP contribution in [0.2, 0.25) is 0 Å². The van der Waals surface area contributed by atoms with Gasteiger partial charge < -0.3 is 10.1 Å². The molecule has 1 aromatic rings. The molecular formula is C15H22N2O4. The van der Waals surface area contributed by atoms with Crippen LogP contribution in [0.5, 0.6) is 0 Å². The first kappa shape index (κ1) is 17.3. The van der Waals surface area contributed by atoms with E-state index in [-0.39, 0.29) is 18.0 Å². The summed E-state index contributed by atoms with van der Waals surface area (Å²) >= 11 is 0. The van der Waals surface area contributed by atoms with E-state index in [9.17, 15) is 14.9 Å². The van der Waals surface area contributed by atoms with Gasteiger partial charge in [-0.3, -0.25) is 14.9 Å². The van der Waals surface area contributed by atoms with Crippen molar-refractivity contribution in [1.29, 1.82) is 0 Å². The molecule has 0 amide bonds. The molecule has 1 N–H and O–H groups in total. The zero-order chi connectivity index (χ0) is 15.5. The molecule has 6 heteroatoms. The summed E-state index contributed by atoms with van der Waals surface area (Å²) in [4.78, 5) is 22.0. The molecule has 0 aliphatic carbocycles. The molecule has 6 nitrogen and oxygen atoms in total. The van der Waals surface area contributed by atoms with Crippen LogP contribution in [-0.2, 0) is 4.74 Å². The van der Waals surface area contributed by atoms with Gasteiger partial charge in [0.1, 0.15) is 0 Å². The van der Waals surface area contributed by atoms with Crippen LogP contribution in [0.15, 0.2) is 24.3 Å². The predicted octanol–water partition coefficient (Wildman–Crippen LogP) is 2.57. The van der Waals surface area contributed by atoms with Gasteiger partial charge >= 0.3 is 0 Å². The van der Waals surface area contributed by atoms with Gasteiger partial charge in [-0.25, -0.2) is 0 Å². The van der Waals surface area contributed by atoms with Crippen LogP contribution in [0, 0.1) is 10.1 Å². The Hall–Kier alpha value is -1.79. The minimum Gasteiger partial charge on any atom is -0.381 e. The van der Waals surface area contributed by atoms with Gasteiger partial charge in [-0.05, 0) is 19.4 Å². The molecule has 0 radical (unpaired) electrons. The summed E-state index contributed by atoms with van der Waals surface area (Å²) < 4.78 is 5.41. The Balaban J connectivity index is 2.22. The fourth-order valence-corrected chi connectivity index (χ4v) is 1.74. The molecule has 0 unspecified atom stereocenters. The van der Waals surface area contributed by atoms with Crippen molar-refractivity contribution < 1.29 is 14.5 Å². The van der Waals surface area contributed by atoms with E-state index >= 15 is 0 Å². The number of nitrogens with zero attached hydrogens (tertiary/aromatic N) is 1. The van der Waals surface area contributed by atoms with E-state index < -0.39 is 4.92 Å². The largest absolute Gasteiger partial charge is 0.381 e. The van der Waals surface area contributed by atoms with Crippen molar-refractivity contribution in [1.82, 2.24) is 5.32 Å². The number of unbranched alkanes of at least 4 members (excludes halogenated alkanes) is 1. The minimum absolute atomic E-state index is 0.0647. The predicted molar refractivity (Wildman–Crippen MR) is 80.6 cm³/mol. The van der Waals surface area contributed by atoms with Gasteiger partial charge in [-0.15, -0.1) is 0 Å². The fraction of sp³-hybridized carbons (Fsp3) is 0.533. The molecule has 1 rings (SSSR count). The quantitative estimate of drug-likeness (QED) is 0.293. The lowest BCUT2D eigenvalue weighted by atomic mass is 10.1. The second-order valence-electron chi connectivity index (χ2n) is 4.73. The first-order chi connectivity index (χ1) is 10.1. The molecule has 0 heterocycles. The third-order valence-corrected chi connectivity index (χ3v) is 2.95. The molecule has 21 heavy (non-hydrogen) atoms. The maximum atomic E-state index is 11.9. The number of carbonyl (C=O) groups excluding carboxylic acids is 1. The number of benzene rings is 1. The van der Waals surface area contributed by atoms with E-state index in [0.29, 0.717) is 18.7 Å². The fourth-order valence-electron chi connectivity index (χ4n) is 1.74. The first-order valence-corrected chi connectivity index (χ1v) is 7.21. The number of nitrogens with one attached hydrogen (secondary N) is 1. The van der Waals surface area contributed by atoms with Gasteiger partial charge in [0.25, 0.3) is 5.69 Å². The number of carbonyl (C=O) groups is 1. The van der Waals surface area contributed by atoms with Gasteiger partial charge in [0, 0.05) is 30.9 Å². The summed E-state index contributed by atoms with van der Waals surface area (Å²) in [7, 11) is 0. The molecule has 0 spiro atoms. The number of hydrogen-bond acceptors (Lipinski definition) is 5. The van der Waals surface area contributed by atoms with Crippen molar-refractivity contribution >= 4 is 11.5 Å². The van der Waals surface area contributed by atoms with Crippen molar-refractivity contribution in [2.75, 3.05) is 26.3 Å². The lowest BCUT2D eigenvalue weighted by Crippen LogP contribution is -2.24. The van der Waals surface area contributed by atoms with E-state index in [2.05, 4.69) is 12.2 Å². The number of non-ortho nitro benzene ring substituents is 1. The van der Waals surface area contributed by atoms with Crippen molar-refractivity contribution in [3.8, 4) is 0 Å². The zero-order valence-electron chi connectivity index (χ0n) is 12.3. The van der Waals surface area contributed by atoms with Gasteiger partial charge in [0.15, 0.2) is 5.78 Å². The Bertz CT molecular complexity index is 463. The molecule has 0 saturated heterocycles. The van der Waals surface area contributed by atoms with Gasteiger partial charge in [0.05, 0.1) is 11.5 Å². The highest BCUT2D eigenvalue weighted by atomic mass is 16.6. The zero-order valence-corrected chi connectivity index (χ0v) is 12.3. The van der Waals surface area contributed by atoms with Crippen LogP contribution in [0.3, 0.4) is 0 Å². The average Bonchev–Trinajstić information content (AvgIpc) is 2.49. The second kappa shape index (κ2) is 10.0. The van der Waals surface area contributed by atoms with Crippen LogP contribution in [0.4, 0.5) is 5.69 Å². The highest BCUT2D eigenvalue weighted by Crippen LogP contribution is 2.13. The van der Waals surface area contributed by atoms with Crippen molar-refractivity contribution in [2.45, 2.75) is 26.2 Å². The lowest BCUT2D eigenvalue weighted by molar-refractivity contribution is -0.384. The van der Waals surface area contributed by atoms with Crippen molar-refractivity contribution in [3.05, 3.63) is 39.9 Å². The molecule has 0 aliphatic rings. The van der Waals surface area contributed by atoms with Crippen LogP contribution in [0.25, 0.3) is 0 Å². The Labute approximate surface area is 124 Å². The third-order valence-electron chi connectivity index (χ3n) is 2.95. The van der Waals surface area contributed by atoms with Crippen LogP contribution in [-0.4, -0.2) is 37.0 Å². The molecular weight excluding hydrogens is 272 g/mol. The highest BCUT2D eigenvalue weighted by Gasteiger charge is 2.10. The molecule has 0 saturated carbocycles. The van der Waals surface area contributed by atoms with E-state index in [1.54, 1.807) is 6.07 Å². The minimum atomic E-state index is -0.502. The Morgan fingerprint density at radius 2 is 2.10 bits per heavy atom. The molecule has 116 valence electrons. The normalized spacial score (nSPS) is 10.5. The summed E-state index contributed by atoms with van der Waals surface area (Å²) in [6.07, 6.45) is 3.03. The molecule has 0 aromatic heterocycles. The maximum absolute atomic E-state index is 11.9. The Morgan fingerprint density at radius 3 is 2.81 bits per heavy atom. The monoisotopic (exact) mass is 294 g/mol. The van der Waals surface area contributed by atoms with Gasteiger partial charge in [0.2, 0.25) is 0 Å². The molecule has 0 fully saturated rings. The number of rotatable bonds is 11. The molecule has 0 atom stereocenters. The Kier molecular flexibility index (Phi) is 8.23. The Morgan fingerprint density at radius 1 is 1.33 bits per heavy atom. The summed E-state index contributed by atoms with van der Waals surface area (Å²) in [5.74, 6) is -0.148. The molecule has 0 bridgehead atoms. The molecule has 1 aromatic carbocycles. The second-order valence-corrected chi connectivity index (χ2v) is 4.73. The van der Waals surface area contributed by atoms with Crippen LogP contribution in [0.1, 0.15) is 36.5 Å². The SMILES string of the molecule is CCCCOCCCNCC(=O)c1cccc([N+](=O)[O-])c1. The van der Waals surface area contributed by atoms with E-state index in [1.165, 1.54) is 18.2 Å². The summed E-state index contributed by atoms with van der Waals surface area (Å²) in [5, 5.41) is 13.7. The number of nitro benzene ring substituents is 1. The maximum Gasteiger partial charge on any atom is 0.270 e. The number of hydrogen-bond donors (Lipinski definition) is 1. The summed E-state index contributed by atoms with van der Waals surface area (Å²) in [6.45, 7) is 4.44. The lowest BCUT2D eigenvalue weighted by Gasteiger charge is -2.05. The van der Waals surface area contributed by atoms with Crippen molar-refractivity contribution in [3.63, 3.8) is 0 Å².